The van der Waals surface area contributed by atoms with E-state index in [2.05, 4.69) is 23.6 Å². The zero-order chi connectivity index (χ0) is 10.8. The van der Waals surface area contributed by atoms with Gasteiger partial charge in [0.1, 0.15) is 0 Å². The normalized spacial score (nSPS) is 27.9. The topological polar surface area (TPSA) is 30.3 Å². The number of rotatable bonds is 2. The molecule has 1 atom stereocenters. The molecule has 2 rings (SSSR count). The summed E-state index contributed by atoms with van der Waals surface area (Å²) in [5.74, 6) is 1.21. The number of nitrogens with one attached hydrogen (secondary N) is 1. The van der Waals surface area contributed by atoms with Crippen molar-refractivity contribution >= 4 is 5.84 Å². The van der Waals surface area contributed by atoms with Crippen molar-refractivity contribution < 1.29 is 0 Å². The third-order valence-corrected chi connectivity index (χ3v) is 3.71. The summed E-state index contributed by atoms with van der Waals surface area (Å²) >= 11 is 0. The Morgan fingerprint density at radius 2 is 1.87 bits per heavy atom. The van der Waals surface area contributed by atoms with Crippen molar-refractivity contribution in [1.82, 2.24) is 9.80 Å². The van der Waals surface area contributed by atoms with E-state index in [1.54, 1.807) is 0 Å². The first-order valence-corrected chi connectivity index (χ1v) is 6.26. The van der Waals surface area contributed by atoms with Crippen molar-refractivity contribution in [2.45, 2.75) is 39.2 Å². The Balaban J connectivity index is 1.86. The van der Waals surface area contributed by atoms with Crippen LogP contribution in [0.4, 0.5) is 0 Å². The molecule has 0 aromatic heterocycles. The van der Waals surface area contributed by atoms with E-state index >= 15 is 0 Å². The molecule has 15 heavy (non-hydrogen) atoms. The first-order valence-electron chi connectivity index (χ1n) is 6.26. The number of hydrogen-bond donors (Lipinski definition) is 1. The molecule has 0 aromatic rings. The highest BCUT2D eigenvalue weighted by Crippen LogP contribution is 2.21. The minimum Gasteiger partial charge on any atom is -0.359 e. The van der Waals surface area contributed by atoms with Crippen molar-refractivity contribution in [3.05, 3.63) is 0 Å². The molecule has 0 amide bonds. The molecule has 0 bridgehead atoms. The molecular formula is C12H23N3. The fraction of sp³-hybridized carbons (Fsp3) is 0.917. The van der Waals surface area contributed by atoms with E-state index in [0.29, 0.717) is 5.92 Å². The lowest BCUT2D eigenvalue weighted by Crippen LogP contribution is -2.38. The van der Waals surface area contributed by atoms with Crippen LogP contribution in [0.25, 0.3) is 0 Å². The van der Waals surface area contributed by atoms with E-state index in [1.807, 2.05) is 0 Å². The molecule has 0 aliphatic carbocycles. The van der Waals surface area contributed by atoms with Gasteiger partial charge in [-0.05, 0) is 32.4 Å². The highest BCUT2D eigenvalue weighted by atomic mass is 15.3. The lowest BCUT2D eigenvalue weighted by molar-refractivity contribution is 0.249. The lowest BCUT2D eigenvalue weighted by atomic mass is 10.2. The van der Waals surface area contributed by atoms with Crippen LogP contribution in [0.2, 0.25) is 0 Å². The Morgan fingerprint density at radius 3 is 2.47 bits per heavy atom. The molecule has 3 nitrogen and oxygen atoms in total. The summed E-state index contributed by atoms with van der Waals surface area (Å²) in [6.07, 6.45) is 4.01. The highest BCUT2D eigenvalue weighted by molar-refractivity contribution is 5.81. The third-order valence-electron chi connectivity index (χ3n) is 3.71. The Kier molecular flexibility index (Phi) is 3.29. The van der Waals surface area contributed by atoms with Crippen LogP contribution < -0.4 is 0 Å². The third kappa shape index (κ3) is 2.33. The second-order valence-electron chi connectivity index (χ2n) is 5.17. The fourth-order valence-electron chi connectivity index (χ4n) is 2.73. The van der Waals surface area contributed by atoms with Crippen LogP contribution in [0, 0.1) is 11.3 Å². The van der Waals surface area contributed by atoms with Gasteiger partial charge >= 0.3 is 0 Å². The molecule has 3 heteroatoms. The number of likely N-dealkylation sites (tertiary alicyclic amines) is 2. The summed E-state index contributed by atoms with van der Waals surface area (Å²) in [5.41, 5.74) is 0. The molecule has 0 spiro atoms. The first kappa shape index (κ1) is 10.9. The Labute approximate surface area is 92.9 Å². The van der Waals surface area contributed by atoms with Crippen molar-refractivity contribution in [2.75, 3.05) is 26.2 Å². The standard InChI is InChI=1S/C12H23N3/c1-10(2)12(13)15-8-5-11(9-15)14-6-3-4-7-14/h10-11,13H,3-9H2,1-2H3. The van der Waals surface area contributed by atoms with E-state index in [0.717, 1.165) is 25.0 Å². The number of amidine groups is 1. The SMILES string of the molecule is CC(C)C(=N)N1CCC(N2CCCC2)C1. The molecule has 1 unspecified atom stereocenters. The van der Waals surface area contributed by atoms with E-state index in [4.69, 9.17) is 5.41 Å². The largest absolute Gasteiger partial charge is 0.359 e. The molecule has 2 saturated heterocycles. The van der Waals surface area contributed by atoms with Gasteiger partial charge in [0, 0.05) is 25.0 Å². The molecule has 2 aliphatic rings. The molecule has 86 valence electrons. The van der Waals surface area contributed by atoms with Crippen molar-refractivity contribution in [1.29, 1.82) is 5.41 Å². The molecule has 2 aliphatic heterocycles. The van der Waals surface area contributed by atoms with Crippen LogP contribution in [-0.2, 0) is 0 Å². The van der Waals surface area contributed by atoms with Gasteiger partial charge in [0.05, 0.1) is 5.84 Å². The van der Waals surface area contributed by atoms with Crippen LogP contribution in [0.15, 0.2) is 0 Å². The summed E-state index contributed by atoms with van der Waals surface area (Å²) in [7, 11) is 0. The summed E-state index contributed by atoms with van der Waals surface area (Å²) in [6.45, 7) is 8.99. The van der Waals surface area contributed by atoms with Gasteiger partial charge in [-0.3, -0.25) is 10.3 Å². The van der Waals surface area contributed by atoms with Crippen molar-refractivity contribution in [3.63, 3.8) is 0 Å². The average molecular weight is 209 g/mol. The Bertz CT molecular complexity index is 231. The maximum Gasteiger partial charge on any atom is 0.0984 e. The Hall–Kier alpha value is -0.570. The van der Waals surface area contributed by atoms with Gasteiger partial charge in [-0.1, -0.05) is 13.8 Å². The van der Waals surface area contributed by atoms with Gasteiger partial charge in [0.25, 0.3) is 0 Å². The second-order valence-corrected chi connectivity index (χ2v) is 5.17. The zero-order valence-corrected chi connectivity index (χ0v) is 10.00. The maximum absolute atomic E-state index is 8.01. The van der Waals surface area contributed by atoms with E-state index in [9.17, 15) is 0 Å². The fourth-order valence-corrected chi connectivity index (χ4v) is 2.73. The molecule has 2 fully saturated rings. The number of nitrogens with zero attached hydrogens (tertiary/aromatic N) is 2. The van der Waals surface area contributed by atoms with Crippen LogP contribution in [0.3, 0.4) is 0 Å². The molecule has 0 saturated carbocycles. The smallest absolute Gasteiger partial charge is 0.0984 e. The Morgan fingerprint density at radius 1 is 1.20 bits per heavy atom. The predicted molar refractivity (Wildman–Crippen MR) is 63.3 cm³/mol. The monoisotopic (exact) mass is 209 g/mol. The van der Waals surface area contributed by atoms with Crippen LogP contribution in [0.1, 0.15) is 33.1 Å². The van der Waals surface area contributed by atoms with E-state index in [1.165, 1.54) is 32.4 Å². The molecule has 2 heterocycles. The predicted octanol–water partition coefficient (Wildman–Crippen LogP) is 1.79. The number of hydrogen-bond acceptors (Lipinski definition) is 2. The van der Waals surface area contributed by atoms with E-state index < -0.39 is 0 Å². The molecular weight excluding hydrogens is 186 g/mol. The van der Waals surface area contributed by atoms with Gasteiger partial charge in [0.15, 0.2) is 0 Å². The molecule has 1 N–H and O–H groups in total. The zero-order valence-electron chi connectivity index (χ0n) is 10.00. The summed E-state index contributed by atoms with van der Waals surface area (Å²) in [6, 6.07) is 0.728. The van der Waals surface area contributed by atoms with Gasteiger partial charge in [-0.25, -0.2) is 0 Å². The minimum absolute atomic E-state index is 0.377. The van der Waals surface area contributed by atoms with Crippen LogP contribution in [0.5, 0.6) is 0 Å². The van der Waals surface area contributed by atoms with Crippen molar-refractivity contribution in [3.8, 4) is 0 Å². The van der Waals surface area contributed by atoms with Crippen molar-refractivity contribution in [2.24, 2.45) is 5.92 Å². The quantitative estimate of drug-likeness (QED) is 0.555. The summed E-state index contributed by atoms with van der Waals surface area (Å²) in [4.78, 5) is 4.89. The summed E-state index contributed by atoms with van der Waals surface area (Å²) < 4.78 is 0. The minimum atomic E-state index is 0.377. The highest BCUT2D eigenvalue weighted by Gasteiger charge is 2.30. The molecule has 0 aromatic carbocycles. The van der Waals surface area contributed by atoms with Crippen LogP contribution >= 0.6 is 0 Å². The van der Waals surface area contributed by atoms with Gasteiger partial charge < -0.3 is 4.90 Å². The van der Waals surface area contributed by atoms with Crippen LogP contribution in [-0.4, -0.2) is 47.9 Å². The maximum atomic E-state index is 8.01. The molecule has 0 radical (unpaired) electrons. The van der Waals surface area contributed by atoms with Gasteiger partial charge in [-0.2, -0.15) is 0 Å². The second kappa shape index (κ2) is 4.52. The average Bonchev–Trinajstić information content (AvgIpc) is 2.86. The van der Waals surface area contributed by atoms with E-state index in [-0.39, 0.29) is 0 Å². The van der Waals surface area contributed by atoms with Gasteiger partial charge in [-0.15, -0.1) is 0 Å². The first-order chi connectivity index (χ1) is 7.18. The lowest BCUT2D eigenvalue weighted by Gasteiger charge is -2.25. The van der Waals surface area contributed by atoms with Gasteiger partial charge in [0.2, 0.25) is 0 Å². The summed E-state index contributed by atoms with van der Waals surface area (Å²) in [5, 5.41) is 8.01.